The van der Waals surface area contributed by atoms with Crippen molar-refractivity contribution in [2.75, 3.05) is 6.61 Å². The Bertz CT molecular complexity index is 1890. The minimum absolute atomic E-state index is 0.106. The zero-order valence-electron chi connectivity index (χ0n) is 25.8. The van der Waals surface area contributed by atoms with E-state index in [0.717, 1.165) is 34.9 Å². The second-order valence-electron chi connectivity index (χ2n) is 10.8. The number of nitrogens with one attached hydrogen (secondary N) is 1. The standard InChI is InChI=1S/C31H34N4O9S2/c1-21(2)16-26(17-24(5)14-15-44-31(36)25-18-27(34(37)38)20-28(19-25)35(39)40)32-45(41,29-10-6-22(3)7-11-29)33-46(42,43)30-12-8-23(4)9-13-30/h6-14,16,18-20,26H,15,17H2,1-5H3,(H,32,33,41)/b24-14+/t26-,45?/m0/s1. The molecule has 0 heterocycles. The van der Waals surface area contributed by atoms with E-state index in [1.165, 1.54) is 12.1 Å². The molecule has 13 nitrogen and oxygen atoms in total. The van der Waals surface area contributed by atoms with Crippen molar-refractivity contribution in [3.63, 3.8) is 0 Å². The number of rotatable bonds is 13. The van der Waals surface area contributed by atoms with Gasteiger partial charge in [0.25, 0.3) is 21.4 Å². The molecule has 3 aromatic carbocycles. The first-order valence-electron chi connectivity index (χ1n) is 13.8. The van der Waals surface area contributed by atoms with Gasteiger partial charge < -0.3 is 4.74 Å². The minimum atomic E-state index is -4.35. The lowest BCUT2D eigenvalue weighted by atomic mass is 10.1. The Kier molecular flexibility index (Phi) is 11.7. The molecule has 0 saturated carbocycles. The van der Waals surface area contributed by atoms with Gasteiger partial charge >= 0.3 is 5.97 Å². The molecule has 1 unspecified atom stereocenters. The number of sulfonamides is 1. The second-order valence-corrected chi connectivity index (χ2v) is 14.6. The largest absolute Gasteiger partial charge is 0.458 e. The van der Waals surface area contributed by atoms with Crippen LogP contribution in [-0.2, 0) is 24.7 Å². The number of esters is 1. The van der Waals surface area contributed by atoms with Gasteiger partial charge in [0.1, 0.15) is 6.61 Å². The van der Waals surface area contributed by atoms with Gasteiger partial charge in [-0.05, 0) is 71.4 Å². The maximum atomic E-state index is 14.5. The highest BCUT2D eigenvalue weighted by Crippen LogP contribution is 2.24. The summed E-state index contributed by atoms with van der Waals surface area (Å²) >= 11 is 0. The van der Waals surface area contributed by atoms with E-state index in [9.17, 15) is 37.6 Å². The Morgan fingerprint density at radius 3 is 1.85 bits per heavy atom. The number of carbonyl (C=O) groups is 1. The van der Waals surface area contributed by atoms with Crippen LogP contribution in [0.15, 0.2) is 104 Å². The molecule has 0 radical (unpaired) electrons. The summed E-state index contributed by atoms with van der Waals surface area (Å²) in [6.07, 6.45) is 3.52. The molecule has 15 heteroatoms. The van der Waals surface area contributed by atoms with Crippen molar-refractivity contribution in [2.24, 2.45) is 3.77 Å². The van der Waals surface area contributed by atoms with Crippen molar-refractivity contribution in [3.05, 3.63) is 127 Å². The average molecular weight is 671 g/mol. The van der Waals surface area contributed by atoms with Crippen molar-refractivity contribution in [2.45, 2.75) is 56.9 Å². The van der Waals surface area contributed by atoms with Gasteiger partial charge in [0, 0.05) is 18.2 Å². The van der Waals surface area contributed by atoms with Crippen molar-refractivity contribution in [1.82, 2.24) is 4.72 Å². The third-order valence-corrected chi connectivity index (χ3v) is 10.5. The van der Waals surface area contributed by atoms with Crippen LogP contribution in [0.1, 0.15) is 48.7 Å². The number of nitrogens with zero attached hydrogens (tertiary/aromatic N) is 3. The molecular formula is C31H34N4O9S2. The van der Waals surface area contributed by atoms with Gasteiger partial charge in [-0.2, -0.15) is 8.42 Å². The lowest BCUT2D eigenvalue weighted by Gasteiger charge is -2.20. The zero-order chi connectivity index (χ0) is 34.2. The highest BCUT2D eigenvalue weighted by molar-refractivity contribution is 8.02. The van der Waals surface area contributed by atoms with Crippen molar-refractivity contribution in [1.29, 1.82) is 0 Å². The predicted octanol–water partition coefficient (Wildman–Crippen LogP) is 6.37. The molecule has 3 rings (SSSR count). The molecule has 2 atom stereocenters. The monoisotopic (exact) mass is 670 g/mol. The Labute approximate surface area is 267 Å². The van der Waals surface area contributed by atoms with E-state index < -0.39 is 53.2 Å². The quantitative estimate of drug-likeness (QED) is 0.0932. The lowest BCUT2D eigenvalue weighted by molar-refractivity contribution is -0.394. The number of hydrogen-bond donors (Lipinski definition) is 1. The van der Waals surface area contributed by atoms with E-state index in [2.05, 4.69) is 8.49 Å². The molecule has 0 aliphatic heterocycles. The maximum absolute atomic E-state index is 14.5. The van der Waals surface area contributed by atoms with Gasteiger partial charge in [-0.3, -0.25) is 20.2 Å². The molecule has 1 N–H and O–H groups in total. The summed E-state index contributed by atoms with van der Waals surface area (Å²) in [6.45, 7) is 8.73. The fraction of sp³-hybridized carbons (Fsp3) is 0.258. The molecule has 0 aromatic heterocycles. The van der Waals surface area contributed by atoms with Gasteiger partial charge in [0.15, 0.2) is 9.92 Å². The number of carbonyl (C=O) groups excluding carboxylic acids is 1. The number of ether oxygens (including phenoxy) is 1. The molecule has 0 amide bonds. The molecular weight excluding hydrogens is 636 g/mol. The molecule has 0 aliphatic carbocycles. The highest BCUT2D eigenvalue weighted by atomic mass is 32.3. The van der Waals surface area contributed by atoms with Gasteiger partial charge in [-0.25, -0.2) is 13.7 Å². The van der Waals surface area contributed by atoms with Crippen LogP contribution < -0.4 is 4.72 Å². The SMILES string of the molecule is CC(C)=C[C@@H](C/C(C)=C/COC(=O)c1cc([N+](=O)[O-])cc([N+](=O)[O-])c1)NS(=O)(=NS(=O)(=O)c1ccc(C)cc1)c1ccc(C)cc1. The van der Waals surface area contributed by atoms with Crippen LogP contribution in [-0.4, -0.2) is 41.1 Å². The molecule has 0 fully saturated rings. The van der Waals surface area contributed by atoms with E-state index in [4.69, 9.17) is 4.74 Å². The van der Waals surface area contributed by atoms with Crippen LogP contribution in [0, 0.1) is 34.1 Å². The number of nitro groups is 2. The van der Waals surface area contributed by atoms with Crippen molar-refractivity contribution < 1.29 is 32.0 Å². The normalized spacial score (nSPS) is 13.6. The number of aryl methyl sites for hydroxylation is 2. The summed E-state index contributed by atoms with van der Waals surface area (Å²) in [7, 11) is -8.12. The zero-order valence-corrected chi connectivity index (χ0v) is 27.5. The van der Waals surface area contributed by atoms with Crippen LogP contribution in [0.25, 0.3) is 0 Å². The fourth-order valence-corrected chi connectivity index (χ4v) is 7.83. The second kappa shape index (κ2) is 15.0. The summed E-state index contributed by atoms with van der Waals surface area (Å²) in [5.74, 6) is -1.00. The lowest BCUT2D eigenvalue weighted by Crippen LogP contribution is -2.34. The van der Waals surface area contributed by atoms with E-state index in [1.54, 1.807) is 55.5 Å². The number of non-ortho nitro benzene ring substituents is 2. The van der Waals surface area contributed by atoms with Gasteiger partial charge in [-0.15, -0.1) is 0 Å². The average Bonchev–Trinajstić information content (AvgIpc) is 2.96. The van der Waals surface area contributed by atoms with Crippen LogP contribution in [0.4, 0.5) is 11.4 Å². The van der Waals surface area contributed by atoms with Gasteiger partial charge in [0.05, 0.1) is 31.3 Å². The number of allylic oxidation sites excluding steroid dienone is 1. The molecule has 0 saturated heterocycles. The smallest absolute Gasteiger partial charge is 0.338 e. The number of nitro benzene ring substituents is 2. The summed E-state index contributed by atoms with van der Waals surface area (Å²) in [5, 5.41) is 22.3. The predicted molar refractivity (Wildman–Crippen MR) is 173 cm³/mol. The fourth-order valence-electron chi connectivity index (χ4n) is 4.19. The minimum Gasteiger partial charge on any atom is -0.458 e. The van der Waals surface area contributed by atoms with Gasteiger partial charge in [-0.1, -0.05) is 56.4 Å². The maximum Gasteiger partial charge on any atom is 0.338 e. The molecule has 0 spiro atoms. The molecule has 46 heavy (non-hydrogen) atoms. The Balaban J connectivity index is 1.90. The van der Waals surface area contributed by atoms with E-state index >= 15 is 0 Å². The van der Waals surface area contributed by atoms with Gasteiger partial charge in [0.2, 0.25) is 0 Å². The van der Waals surface area contributed by atoms with E-state index in [-0.39, 0.29) is 28.4 Å². The molecule has 0 bridgehead atoms. The molecule has 3 aromatic rings. The third kappa shape index (κ3) is 9.89. The topological polar surface area (TPSA) is 188 Å². The Morgan fingerprint density at radius 1 is 0.870 bits per heavy atom. The highest BCUT2D eigenvalue weighted by Gasteiger charge is 2.24. The number of hydrogen-bond acceptors (Lipinski definition) is 9. The first-order valence-corrected chi connectivity index (χ1v) is 16.8. The van der Waals surface area contributed by atoms with Crippen LogP contribution >= 0.6 is 0 Å². The van der Waals surface area contributed by atoms with Crippen molar-refractivity contribution >= 4 is 37.3 Å². The number of benzene rings is 3. The van der Waals surface area contributed by atoms with E-state index in [1.807, 2.05) is 27.7 Å². The van der Waals surface area contributed by atoms with Crippen LogP contribution in [0.5, 0.6) is 0 Å². The first-order chi connectivity index (χ1) is 21.5. The Hall–Kier alpha value is -4.73. The summed E-state index contributed by atoms with van der Waals surface area (Å²) in [5.41, 5.74) is 1.60. The first kappa shape index (κ1) is 35.7. The van der Waals surface area contributed by atoms with Crippen LogP contribution in [0.2, 0.25) is 0 Å². The summed E-state index contributed by atoms with van der Waals surface area (Å²) < 4.78 is 53.2. The summed E-state index contributed by atoms with van der Waals surface area (Å²) in [6, 6.07) is 14.4. The molecule has 0 aliphatic rings. The Morgan fingerprint density at radius 2 is 1.37 bits per heavy atom. The van der Waals surface area contributed by atoms with E-state index in [0.29, 0.717) is 5.57 Å². The van der Waals surface area contributed by atoms with Crippen molar-refractivity contribution in [3.8, 4) is 0 Å². The summed E-state index contributed by atoms with van der Waals surface area (Å²) in [4.78, 5) is 33.2. The third-order valence-electron chi connectivity index (χ3n) is 6.46. The molecule has 244 valence electrons. The van der Waals surface area contributed by atoms with Crippen LogP contribution in [0.3, 0.4) is 0 Å².